The predicted molar refractivity (Wildman–Crippen MR) is 96.7 cm³/mol. The average molecular weight is 438 g/mol. The number of ether oxygens (including phenoxy) is 1. The van der Waals surface area contributed by atoms with Gasteiger partial charge in [0.2, 0.25) is 0 Å². The van der Waals surface area contributed by atoms with Crippen LogP contribution >= 0.6 is 11.6 Å². The molecular weight excluding hydrogens is 420 g/mol. The molecule has 0 amide bonds. The molecule has 2 aromatic rings. The van der Waals surface area contributed by atoms with Gasteiger partial charge in [0.05, 0.1) is 24.3 Å². The van der Waals surface area contributed by atoms with Gasteiger partial charge in [0, 0.05) is 29.9 Å². The molecule has 1 saturated heterocycles. The maximum atomic E-state index is 12.9. The Morgan fingerprint density at radius 2 is 1.59 bits per heavy atom. The van der Waals surface area contributed by atoms with Gasteiger partial charge in [-0.1, -0.05) is 23.7 Å². The summed E-state index contributed by atoms with van der Waals surface area (Å²) in [4.78, 5) is 0. The Bertz CT molecular complexity index is 819. The fourth-order valence-corrected chi connectivity index (χ4v) is 3.67. The van der Waals surface area contributed by atoms with Crippen LogP contribution in [-0.2, 0) is 23.7 Å². The van der Waals surface area contributed by atoms with Crippen molar-refractivity contribution in [3.63, 3.8) is 0 Å². The number of hydrogen-bond acceptors (Lipinski definition) is 2. The molecule has 0 bridgehead atoms. The largest absolute Gasteiger partial charge is 0.416 e. The van der Waals surface area contributed by atoms with Crippen molar-refractivity contribution in [2.75, 3.05) is 19.7 Å². The van der Waals surface area contributed by atoms with Crippen LogP contribution in [0.1, 0.15) is 28.2 Å². The maximum Gasteiger partial charge on any atom is 0.416 e. The minimum atomic E-state index is -4.87. The minimum absolute atomic E-state index is 0.0290. The molecule has 0 spiro atoms. The Morgan fingerprint density at radius 3 is 2.17 bits per heavy atom. The first-order chi connectivity index (χ1) is 13.5. The summed E-state index contributed by atoms with van der Waals surface area (Å²) in [7, 11) is 0. The summed E-state index contributed by atoms with van der Waals surface area (Å²) in [6.07, 6.45) is -9.74. The summed E-state index contributed by atoms with van der Waals surface area (Å²) in [5, 5.41) is 3.82. The molecule has 0 radical (unpaired) electrons. The number of hydrogen-bond donors (Lipinski definition) is 1. The van der Waals surface area contributed by atoms with Crippen molar-refractivity contribution in [3.05, 3.63) is 69.7 Å². The van der Waals surface area contributed by atoms with E-state index in [-0.39, 0.29) is 36.7 Å². The Labute approximate surface area is 168 Å². The normalized spacial score (nSPS) is 20.2. The summed E-state index contributed by atoms with van der Waals surface area (Å²) >= 11 is 6.02. The number of nitrogens with one attached hydrogen (secondary N) is 1. The zero-order valence-corrected chi connectivity index (χ0v) is 15.8. The molecule has 2 nitrogen and oxygen atoms in total. The van der Waals surface area contributed by atoms with E-state index in [0.717, 1.165) is 5.56 Å². The third-order valence-corrected chi connectivity index (χ3v) is 5.10. The number of rotatable bonds is 5. The molecular formula is C20H18ClF6NO. The summed E-state index contributed by atoms with van der Waals surface area (Å²) in [5.74, 6) is 0.127. The van der Waals surface area contributed by atoms with Crippen LogP contribution in [0.4, 0.5) is 26.3 Å². The Morgan fingerprint density at radius 1 is 0.931 bits per heavy atom. The SMILES string of the molecule is FC(F)(F)c1cc(COC[C@H]2CNC[C@H]2c2cccc(Cl)c2)cc(C(F)(F)F)c1. The van der Waals surface area contributed by atoms with E-state index in [4.69, 9.17) is 16.3 Å². The van der Waals surface area contributed by atoms with Crippen LogP contribution in [0.5, 0.6) is 0 Å². The van der Waals surface area contributed by atoms with Gasteiger partial charge in [-0.25, -0.2) is 0 Å². The van der Waals surface area contributed by atoms with E-state index < -0.39 is 23.5 Å². The molecule has 1 fully saturated rings. The van der Waals surface area contributed by atoms with Crippen molar-refractivity contribution >= 4 is 11.6 Å². The van der Waals surface area contributed by atoms with E-state index in [1.165, 1.54) is 0 Å². The lowest BCUT2D eigenvalue weighted by Gasteiger charge is -2.20. The molecule has 9 heteroatoms. The molecule has 1 aliphatic rings. The third kappa shape index (κ3) is 5.65. The van der Waals surface area contributed by atoms with Crippen molar-refractivity contribution in [3.8, 4) is 0 Å². The first-order valence-electron chi connectivity index (χ1n) is 8.86. The zero-order chi connectivity index (χ0) is 21.2. The second-order valence-corrected chi connectivity index (χ2v) is 7.45. The van der Waals surface area contributed by atoms with Gasteiger partial charge in [0.25, 0.3) is 0 Å². The van der Waals surface area contributed by atoms with Crippen LogP contribution < -0.4 is 5.32 Å². The van der Waals surface area contributed by atoms with Crippen LogP contribution in [0.2, 0.25) is 5.02 Å². The zero-order valence-electron chi connectivity index (χ0n) is 15.1. The van der Waals surface area contributed by atoms with Crippen LogP contribution in [0.3, 0.4) is 0 Å². The van der Waals surface area contributed by atoms with Crippen LogP contribution in [0, 0.1) is 5.92 Å². The summed E-state index contributed by atoms with van der Waals surface area (Å²) < 4.78 is 83.2. The summed E-state index contributed by atoms with van der Waals surface area (Å²) in [6.45, 7) is 1.18. The highest BCUT2D eigenvalue weighted by Gasteiger charge is 2.37. The molecule has 2 aromatic carbocycles. The second kappa shape index (κ2) is 8.53. The van der Waals surface area contributed by atoms with Gasteiger partial charge < -0.3 is 10.1 Å². The molecule has 0 aromatic heterocycles. The topological polar surface area (TPSA) is 21.3 Å². The van der Waals surface area contributed by atoms with Gasteiger partial charge in [-0.15, -0.1) is 0 Å². The minimum Gasteiger partial charge on any atom is -0.376 e. The average Bonchev–Trinajstić information content (AvgIpc) is 3.08. The lowest BCUT2D eigenvalue weighted by atomic mass is 9.89. The highest BCUT2D eigenvalue weighted by molar-refractivity contribution is 6.30. The number of benzene rings is 2. The number of halogens is 7. The lowest BCUT2D eigenvalue weighted by molar-refractivity contribution is -0.143. The molecule has 1 heterocycles. The molecule has 0 unspecified atom stereocenters. The summed E-state index contributed by atoms with van der Waals surface area (Å²) in [5.41, 5.74) is -1.84. The quantitative estimate of drug-likeness (QED) is 0.588. The van der Waals surface area contributed by atoms with Crippen molar-refractivity contribution in [1.82, 2.24) is 5.32 Å². The molecule has 1 N–H and O–H groups in total. The van der Waals surface area contributed by atoms with E-state index in [0.29, 0.717) is 30.2 Å². The van der Waals surface area contributed by atoms with Gasteiger partial charge in [0.1, 0.15) is 0 Å². The highest BCUT2D eigenvalue weighted by Crippen LogP contribution is 2.36. The van der Waals surface area contributed by atoms with Gasteiger partial charge in [-0.2, -0.15) is 26.3 Å². The van der Waals surface area contributed by atoms with E-state index in [1.54, 1.807) is 6.07 Å². The molecule has 0 aliphatic carbocycles. The Hall–Kier alpha value is -1.77. The van der Waals surface area contributed by atoms with Crippen molar-refractivity contribution in [2.24, 2.45) is 5.92 Å². The van der Waals surface area contributed by atoms with E-state index in [1.807, 2.05) is 18.2 Å². The molecule has 1 aliphatic heterocycles. The fraction of sp³-hybridized carbons (Fsp3) is 0.400. The standard InChI is InChI=1S/C20H18ClF6NO/c21-17-3-1-2-13(6-17)18-9-28-8-14(18)11-29-10-12-4-15(19(22,23)24)7-16(5-12)20(25,26)27/h1-7,14,18,28H,8-11H2/t14-,18+/m1/s1. The van der Waals surface area contributed by atoms with E-state index >= 15 is 0 Å². The van der Waals surface area contributed by atoms with Crippen molar-refractivity contribution < 1.29 is 31.1 Å². The monoisotopic (exact) mass is 437 g/mol. The van der Waals surface area contributed by atoms with Gasteiger partial charge >= 0.3 is 12.4 Å². The van der Waals surface area contributed by atoms with Gasteiger partial charge in [0.15, 0.2) is 0 Å². The molecule has 158 valence electrons. The first kappa shape index (κ1) is 21.9. The van der Waals surface area contributed by atoms with Crippen molar-refractivity contribution in [2.45, 2.75) is 24.9 Å². The third-order valence-electron chi connectivity index (χ3n) is 4.86. The predicted octanol–water partition coefficient (Wildman–Crippen LogP) is 5.90. The molecule has 2 atom stereocenters. The molecule has 29 heavy (non-hydrogen) atoms. The van der Waals surface area contributed by atoms with Gasteiger partial charge in [-0.3, -0.25) is 0 Å². The molecule has 0 saturated carbocycles. The number of alkyl halides is 6. The van der Waals surface area contributed by atoms with E-state index in [2.05, 4.69) is 5.32 Å². The Kier molecular flexibility index (Phi) is 6.45. The first-order valence-corrected chi connectivity index (χ1v) is 9.24. The van der Waals surface area contributed by atoms with Gasteiger partial charge in [-0.05, 0) is 41.5 Å². The van der Waals surface area contributed by atoms with Crippen molar-refractivity contribution in [1.29, 1.82) is 0 Å². The fourth-order valence-electron chi connectivity index (χ4n) is 3.47. The van der Waals surface area contributed by atoms with Crippen LogP contribution in [0.25, 0.3) is 0 Å². The smallest absolute Gasteiger partial charge is 0.376 e. The van der Waals surface area contributed by atoms with Crippen LogP contribution in [0.15, 0.2) is 42.5 Å². The van der Waals surface area contributed by atoms with E-state index in [9.17, 15) is 26.3 Å². The highest BCUT2D eigenvalue weighted by atomic mass is 35.5. The lowest BCUT2D eigenvalue weighted by Crippen LogP contribution is -2.18. The van der Waals surface area contributed by atoms with Crippen LogP contribution in [-0.4, -0.2) is 19.7 Å². The molecule has 3 rings (SSSR count). The second-order valence-electron chi connectivity index (χ2n) is 7.01. The summed E-state index contributed by atoms with van der Waals surface area (Å²) in [6, 6.07) is 8.85. The maximum absolute atomic E-state index is 12.9. The Balaban J connectivity index is 1.69.